The first kappa shape index (κ1) is 14.7. The summed E-state index contributed by atoms with van der Waals surface area (Å²) in [5.74, 6) is -0.851. The highest BCUT2D eigenvalue weighted by atomic mass is 16.4. The highest BCUT2D eigenvalue weighted by Crippen LogP contribution is 2.18. The number of hydrogen-bond acceptors (Lipinski definition) is 3. The third-order valence-electron chi connectivity index (χ3n) is 3.01. The van der Waals surface area contributed by atoms with Crippen molar-refractivity contribution in [2.24, 2.45) is 0 Å². The van der Waals surface area contributed by atoms with Crippen LogP contribution in [0.2, 0.25) is 0 Å². The Balaban J connectivity index is 2.64. The maximum atomic E-state index is 11.3. The second-order valence-corrected chi connectivity index (χ2v) is 4.77. The van der Waals surface area contributed by atoms with Crippen molar-refractivity contribution in [3.8, 4) is 0 Å². The molecule has 0 saturated carbocycles. The zero-order valence-corrected chi connectivity index (χ0v) is 11.3. The van der Waals surface area contributed by atoms with Gasteiger partial charge in [0.25, 0.3) is 0 Å². The van der Waals surface area contributed by atoms with Gasteiger partial charge in [-0.05, 0) is 19.7 Å². The Kier molecular flexibility index (Phi) is 5.82. The summed E-state index contributed by atoms with van der Waals surface area (Å²) in [5, 5.41) is 12.4. The third-order valence-corrected chi connectivity index (χ3v) is 3.01. The summed E-state index contributed by atoms with van der Waals surface area (Å²) in [6.45, 7) is 3.43. The molecule has 0 amide bonds. The van der Waals surface area contributed by atoms with Crippen molar-refractivity contribution in [1.29, 1.82) is 0 Å². The summed E-state index contributed by atoms with van der Waals surface area (Å²) in [7, 11) is 3.94. The van der Waals surface area contributed by atoms with Crippen LogP contribution in [0.5, 0.6) is 0 Å². The first-order valence-electron chi connectivity index (χ1n) is 6.18. The third kappa shape index (κ3) is 4.47. The number of benzene rings is 1. The molecule has 0 aromatic heterocycles. The van der Waals surface area contributed by atoms with Crippen LogP contribution in [0.3, 0.4) is 0 Å². The number of carboxylic acid groups (broad SMARTS) is 1. The molecule has 0 fully saturated rings. The molecule has 0 aliphatic carbocycles. The Morgan fingerprint density at radius 1 is 1.33 bits per heavy atom. The molecule has 1 rings (SSSR count). The molecule has 1 aromatic rings. The largest absolute Gasteiger partial charge is 0.480 e. The van der Waals surface area contributed by atoms with Crippen molar-refractivity contribution >= 4 is 5.97 Å². The van der Waals surface area contributed by atoms with E-state index in [0.717, 1.165) is 12.1 Å². The minimum Gasteiger partial charge on any atom is -0.480 e. The molecule has 100 valence electrons. The van der Waals surface area contributed by atoms with Gasteiger partial charge in [0, 0.05) is 19.0 Å². The topological polar surface area (TPSA) is 52.6 Å². The molecule has 1 aromatic carbocycles. The molecule has 0 saturated heterocycles. The molecule has 2 unspecified atom stereocenters. The lowest BCUT2D eigenvalue weighted by Gasteiger charge is -2.22. The van der Waals surface area contributed by atoms with E-state index < -0.39 is 12.0 Å². The summed E-state index contributed by atoms with van der Waals surface area (Å²) in [5.41, 5.74) is 1.04. The van der Waals surface area contributed by atoms with Crippen molar-refractivity contribution in [2.75, 3.05) is 27.2 Å². The van der Waals surface area contributed by atoms with Crippen LogP contribution < -0.4 is 5.32 Å². The highest BCUT2D eigenvalue weighted by molar-refractivity contribution is 5.74. The molecule has 18 heavy (non-hydrogen) atoms. The van der Waals surface area contributed by atoms with E-state index in [1.165, 1.54) is 0 Å². The van der Waals surface area contributed by atoms with Gasteiger partial charge in [-0.15, -0.1) is 0 Å². The molecule has 0 aliphatic heterocycles. The Morgan fingerprint density at radius 3 is 2.44 bits per heavy atom. The van der Waals surface area contributed by atoms with Crippen LogP contribution in [0, 0.1) is 0 Å². The lowest BCUT2D eigenvalue weighted by Crippen LogP contribution is -2.43. The van der Waals surface area contributed by atoms with Gasteiger partial charge in [-0.1, -0.05) is 37.3 Å². The smallest absolute Gasteiger partial charge is 0.321 e. The molecular formula is C14H22N2O2. The van der Waals surface area contributed by atoms with Gasteiger partial charge in [-0.25, -0.2) is 0 Å². The standard InChI is InChI=1S/C14H22N2O2/c1-11(12-7-5-4-6-8-12)13(14(17)18)15-9-10-16(2)3/h4-8,11,13,15H,9-10H2,1-3H3,(H,17,18). The summed E-state index contributed by atoms with van der Waals surface area (Å²) >= 11 is 0. The summed E-state index contributed by atoms with van der Waals surface area (Å²) in [4.78, 5) is 13.3. The van der Waals surface area contributed by atoms with E-state index in [9.17, 15) is 9.90 Å². The van der Waals surface area contributed by atoms with Crippen molar-refractivity contribution in [3.63, 3.8) is 0 Å². The lowest BCUT2D eigenvalue weighted by atomic mass is 9.93. The molecule has 0 aliphatic rings. The monoisotopic (exact) mass is 250 g/mol. The Labute approximate surface area is 109 Å². The molecule has 4 heteroatoms. The molecule has 2 atom stereocenters. The van der Waals surface area contributed by atoms with Crippen molar-refractivity contribution in [3.05, 3.63) is 35.9 Å². The van der Waals surface area contributed by atoms with Crippen molar-refractivity contribution < 1.29 is 9.90 Å². The Bertz CT molecular complexity index is 365. The van der Waals surface area contributed by atoms with Gasteiger partial charge in [0.05, 0.1) is 0 Å². The van der Waals surface area contributed by atoms with Crippen molar-refractivity contribution in [2.45, 2.75) is 18.9 Å². The molecule has 0 heterocycles. The van der Waals surface area contributed by atoms with E-state index in [2.05, 4.69) is 5.32 Å². The molecule has 0 bridgehead atoms. The number of rotatable bonds is 7. The number of nitrogens with zero attached hydrogens (tertiary/aromatic N) is 1. The highest BCUT2D eigenvalue weighted by Gasteiger charge is 2.24. The zero-order chi connectivity index (χ0) is 13.5. The quantitative estimate of drug-likeness (QED) is 0.768. The molecular weight excluding hydrogens is 228 g/mol. The number of carbonyl (C=O) groups is 1. The van der Waals surface area contributed by atoms with Gasteiger partial charge in [-0.2, -0.15) is 0 Å². The van der Waals surface area contributed by atoms with Gasteiger partial charge in [0.2, 0.25) is 0 Å². The second kappa shape index (κ2) is 7.13. The van der Waals surface area contributed by atoms with Crippen molar-refractivity contribution in [1.82, 2.24) is 10.2 Å². The predicted octanol–water partition coefficient (Wildman–Crippen LogP) is 1.39. The summed E-state index contributed by atoms with van der Waals surface area (Å²) in [6.07, 6.45) is 0. The molecule has 0 spiro atoms. The maximum absolute atomic E-state index is 11.3. The first-order chi connectivity index (χ1) is 8.52. The van der Waals surface area contributed by atoms with E-state index >= 15 is 0 Å². The van der Waals surface area contributed by atoms with Crippen LogP contribution >= 0.6 is 0 Å². The van der Waals surface area contributed by atoms with Crippen LogP contribution in [0.1, 0.15) is 18.4 Å². The SMILES string of the molecule is CC(c1ccccc1)C(NCCN(C)C)C(=O)O. The van der Waals surface area contributed by atoms with Gasteiger partial charge >= 0.3 is 5.97 Å². The minimum atomic E-state index is -0.801. The van der Waals surface area contributed by atoms with Gasteiger partial charge in [0.15, 0.2) is 0 Å². The number of aliphatic carboxylic acids is 1. The molecule has 4 nitrogen and oxygen atoms in total. The van der Waals surface area contributed by atoms with E-state index in [1.54, 1.807) is 0 Å². The fourth-order valence-corrected chi connectivity index (χ4v) is 1.87. The van der Waals surface area contributed by atoms with E-state index in [0.29, 0.717) is 6.54 Å². The van der Waals surface area contributed by atoms with Gasteiger partial charge < -0.3 is 15.3 Å². The second-order valence-electron chi connectivity index (χ2n) is 4.77. The van der Waals surface area contributed by atoms with E-state index in [-0.39, 0.29) is 5.92 Å². The first-order valence-corrected chi connectivity index (χ1v) is 6.18. The van der Waals surface area contributed by atoms with Crippen LogP contribution in [-0.2, 0) is 4.79 Å². The maximum Gasteiger partial charge on any atom is 0.321 e. The Hall–Kier alpha value is -1.39. The van der Waals surface area contributed by atoms with E-state index in [4.69, 9.17) is 0 Å². The fraction of sp³-hybridized carbons (Fsp3) is 0.500. The fourth-order valence-electron chi connectivity index (χ4n) is 1.87. The van der Waals surface area contributed by atoms with Gasteiger partial charge in [-0.3, -0.25) is 4.79 Å². The number of hydrogen-bond donors (Lipinski definition) is 2. The average molecular weight is 250 g/mol. The molecule has 2 N–H and O–H groups in total. The Morgan fingerprint density at radius 2 is 1.94 bits per heavy atom. The van der Waals surface area contributed by atoms with Crippen LogP contribution in [0.25, 0.3) is 0 Å². The predicted molar refractivity (Wildman–Crippen MR) is 72.8 cm³/mol. The normalized spacial score (nSPS) is 14.4. The minimum absolute atomic E-state index is 0.0501. The zero-order valence-electron chi connectivity index (χ0n) is 11.3. The van der Waals surface area contributed by atoms with Crippen LogP contribution in [-0.4, -0.2) is 49.2 Å². The number of likely N-dealkylation sites (N-methyl/N-ethyl adjacent to an activating group) is 1. The average Bonchev–Trinajstić information content (AvgIpc) is 2.34. The molecule has 0 radical (unpaired) electrons. The van der Waals surface area contributed by atoms with E-state index in [1.807, 2.05) is 56.3 Å². The lowest BCUT2D eigenvalue weighted by molar-refractivity contribution is -0.140. The van der Waals surface area contributed by atoms with Crippen LogP contribution in [0.4, 0.5) is 0 Å². The number of nitrogens with one attached hydrogen (secondary N) is 1. The van der Waals surface area contributed by atoms with Gasteiger partial charge in [0.1, 0.15) is 6.04 Å². The van der Waals surface area contributed by atoms with Crippen LogP contribution in [0.15, 0.2) is 30.3 Å². The summed E-state index contributed by atoms with van der Waals surface area (Å²) in [6, 6.07) is 9.19. The number of carboxylic acids is 1. The summed E-state index contributed by atoms with van der Waals surface area (Å²) < 4.78 is 0.